The summed E-state index contributed by atoms with van der Waals surface area (Å²) in [5.41, 5.74) is 6.06. The van der Waals surface area contributed by atoms with E-state index in [1.54, 1.807) is 12.1 Å². The van der Waals surface area contributed by atoms with Crippen molar-refractivity contribution < 1.29 is 4.79 Å². The van der Waals surface area contributed by atoms with Gasteiger partial charge in [0.1, 0.15) is 5.82 Å². The van der Waals surface area contributed by atoms with Crippen molar-refractivity contribution in [1.82, 2.24) is 15.2 Å². The Kier molecular flexibility index (Phi) is 5.35. The molecule has 0 saturated carbocycles. The van der Waals surface area contributed by atoms with Crippen molar-refractivity contribution in [2.24, 2.45) is 0 Å². The fourth-order valence-corrected chi connectivity index (χ4v) is 2.62. The van der Waals surface area contributed by atoms with E-state index >= 15 is 0 Å². The first-order chi connectivity index (χ1) is 9.66. The number of nitrogens with zero attached hydrogens (tertiary/aromatic N) is 2. The third kappa shape index (κ3) is 4.20. The highest BCUT2D eigenvalue weighted by atomic mass is 16.1. The SMILES string of the molecule is CC1CCCCN1CCCNC(=O)c1ccc(N)nc1. The van der Waals surface area contributed by atoms with Crippen LogP contribution in [0.4, 0.5) is 5.82 Å². The molecule has 1 aliphatic heterocycles. The quantitative estimate of drug-likeness (QED) is 0.802. The number of rotatable bonds is 5. The van der Waals surface area contributed by atoms with Crippen molar-refractivity contribution in [3.63, 3.8) is 0 Å². The number of nitrogens with one attached hydrogen (secondary N) is 1. The maximum atomic E-state index is 11.9. The number of likely N-dealkylation sites (tertiary alicyclic amines) is 1. The number of anilines is 1. The monoisotopic (exact) mass is 276 g/mol. The van der Waals surface area contributed by atoms with Crippen LogP contribution in [-0.2, 0) is 0 Å². The highest BCUT2D eigenvalue weighted by Gasteiger charge is 2.17. The fraction of sp³-hybridized carbons (Fsp3) is 0.600. The predicted octanol–water partition coefficient (Wildman–Crippen LogP) is 1.66. The van der Waals surface area contributed by atoms with Crippen LogP contribution in [0.3, 0.4) is 0 Å². The summed E-state index contributed by atoms with van der Waals surface area (Å²) in [7, 11) is 0. The summed E-state index contributed by atoms with van der Waals surface area (Å²) >= 11 is 0. The maximum Gasteiger partial charge on any atom is 0.252 e. The molecule has 0 bridgehead atoms. The number of hydrogen-bond donors (Lipinski definition) is 2. The molecule has 5 nitrogen and oxygen atoms in total. The van der Waals surface area contributed by atoms with Gasteiger partial charge in [0.15, 0.2) is 0 Å². The first-order valence-corrected chi connectivity index (χ1v) is 7.40. The zero-order valence-electron chi connectivity index (χ0n) is 12.1. The molecular formula is C15H24N4O. The highest BCUT2D eigenvalue weighted by Crippen LogP contribution is 2.16. The van der Waals surface area contributed by atoms with Gasteiger partial charge in [-0.2, -0.15) is 0 Å². The van der Waals surface area contributed by atoms with Crippen molar-refractivity contribution in [2.75, 3.05) is 25.4 Å². The number of hydrogen-bond acceptors (Lipinski definition) is 4. The number of nitrogens with two attached hydrogens (primary N) is 1. The van der Waals surface area contributed by atoms with Crippen LogP contribution < -0.4 is 11.1 Å². The van der Waals surface area contributed by atoms with Crippen LogP contribution in [0.2, 0.25) is 0 Å². The second-order valence-corrected chi connectivity index (χ2v) is 5.46. The Labute approximate surface area is 120 Å². The zero-order valence-corrected chi connectivity index (χ0v) is 12.1. The van der Waals surface area contributed by atoms with Crippen LogP contribution in [0.1, 0.15) is 43.0 Å². The first-order valence-electron chi connectivity index (χ1n) is 7.40. The molecule has 1 atom stereocenters. The third-order valence-electron chi connectivity index (χ3n) is 3.90. The van der Waals surface area contributed by atoms with E-state index in [9.17, 15) is 4.79 Å². The van der Waals surface area contributed by atoms with Gasteiger partial charge in [-0.05, 0) is 44.9 Å². The molecule has 0 aromatic carbocycles. The Morgan fingerprint density at radius 2 is 2.35 bits per heavy atom. The van der Waals surface area contributed by atoms with Crippen molar-refractivity contribution >= 4 is 11.7 Å². The minimum atomic E-state index is -0.0795. The lowest BCUT2D eigenvalue weighted by atomic mass is 10.0. The molecule has 2 rings (SSSR count). The zero-order chi connectivity index (χ0) is 14.4. The van der Waals surface area contributed by atoms with E-state index in [0.717, 1.165) is 13.0 Å². The summed E-state index contributed by atoms with van der Waals surface area (Å²) in [6, 6.07) is 4.02. The third-order valence-corrected chi connectivity index (χ3v) is 3.90. The Morgan fingerprint density at radius 1 is 1.50 bits per heavy atom. The molecule has 20 heavy (non-hydrogen) atoms. The molecule has 2 heterocycles. The van der Waals surface area contributed by atoms with Gasteiger partial charge < -0.3 is 16.0 Å². The first kappa shape index (κ1) is 14.8. The molecule has 0 aliphatic carbocycles. The Balaban J connectivity index is 1.67. The summed E-state index contributed by atoms with van der Waals surface area (Å²) < 4.78 is 0. The largest absolute Gasteiger partial charge is 0.384 e. The predicted molar refractivity (Wildman–Crippen MR) is 80.5 cm³/mol. The van der Waals surface area contributed by atoms with Gasteiger partial charge in [-0.1, -0.05) is 6.42 Å². The summed E-state index contributed by atoms with van der Waals surface area (Å²) in [5, 5.41) is 2.93. The van der Waals surface area contributed by atoms with Gasteiger partial charge >= 0.3 is 0 Å². The number of piperidine rings is 1. The summed E-state index contributed by atoms with van der Waals surface area (Å²) in [5.74, 6) is 0.352. The van der Waals surface area contributed by atoms with E-state index in [1.807, 2.05) is 0 Å². The molecule has 3 N–H and O–H groups in total. The van der Waals surface area contributed by atoms with E-state index in [1.165, 1.54) is 32.0 Å². The van der Waals surface area contributed by atoms with Crippen LogP contribution in [0.5, 0.6) is 0 Å². The molecule has 1 fully saturated rings. The van der Waals surface area contributed by atoms with E-state index in [-0.39, 0.29) is 5.91 Å². The minimum absolute atomic E-state index is 0.0795. The molecular weight excluding hydrogens is 252 g/mol. The molecule has 0 spiro atoms. The van der Waals surface area contributed by atoms with E-state index in [4.69, 9.17) is 5.73 Å². The number of carbonyl (C=O) groups excluding carboxylic acids is 1. The number of carbonyl (C=O) groups is 1. The molecule has 1 unspecified atom stereocenters. The lowest BCUT2D eigenvalue weighted by molar-refractivity contribution is 0.0948. The van der Waals surface area contributed by atoms with E-state index < -0.39 is 0 Å². The molecule has 5 heteroatoms. The highest BCUT2D eigenvalue weighted by molar-refractivity contribution is 5.93. The molecule has 1 aromatic heterocycles. The Hall–Kier alpha value is -1.62. The van der Waals surface area contributed by atoms with Gasteiger partial charge in [-0.25, -0.2) is 4.98 Å². The minimum Gasteiger partial charge on any atom is -0.384 e. The van der Waals surface area contributed by atoms with Crippen LogP contribution in [0.15, 0.2) is 18.3 Å². The average Bonchev–Trinajstić information content (AvgIpc) is 2.46. The topological polar surface area (TPSA) is 71.2 Å². The summed E-state index contributed by atoms with van der Waals surface area (Å²) in [6.07, 6.45) is 6.44. The van der Waals surface area contributed by atoms with Gasteiger partial charge in [-0.15, -0.1) is 0 Å². The van der Waals surface area contributed by atoms with Crippen LogP contribution in [0.25, 0.3) is 0 Å². The Morgan fingerprint density at radius 3 is 3.05 bits per heavy atom. The average molecular weight is 276 g/mol. The van der Waals surface area contributed by atoms with Gasteiger partial charge in [0.25, 0.3) is 5.91 Å². The second-order valence-electron chi connectivity index (χ2n) is 5.46. The Bertz CT molecular complexity index is 432. The van der Waals surface area contributed by atoms with Gasteiger partial charge in [0.05, 0.1) is 5.56 Å². The second kappa shape index (κ2) is 7.24. The number of nitrogen functional groups attached to an aromatic ring is 1. The normalized spacial score (nSPS) is 19.8. The van der Waals surface area contributed by atoms with Crippen LogP contribution in [0, 0.1) is 0 Å². The van der Waals surface area contributed by atoms with Gasteiger partial charge in [0, 0.05) is 25.3 Å². The number of pyridine rings is 1. The molecule has 1 amide bonds. The van der Waals surface area contributed by atoms with Crippen molar-refractivity contribution in [3.05, 3.63) is 23.9 Å². The van der Waals surface area contributed by atoms with Crippen molar-refractivity contribution in [3.8, 4) is 0 Å². The maximum absolute atomic E-state index is 11.9. The van der Waals surface area contributed by atoms with Gasteiger partial charge in [0.2, 0.25) is 0 Å². The van der Waals surface area contributed by atoms with Crippen molar-refractivity contribution in [1.29, 1.82) is 0 Å². The van der Waals surface area contributed by atoms with Crippen LogP contribution >= 0.6 is 0 Å². The number of amides is 1. The molecule has 1 aliphatic rings. The molecule has 0 radical (unpaired) electrons. The van der Waals surface area contributed by atoms with E-state index in [0.29, 0.717) is 24.0 Å². The summed E-state index contributed by atoms with van der Waals surface area (Å²) in [4.78, 5) is 18.3. The summed E-state index contributed by atoms with van der Waals surface area (Å²) in [6.45, 7) is 5.24. The standard InChI is InChI=1S/C15H24N4O/c1-12-5-2-3-9-19(12)10-4-8-17-15(20)13-6-7-14(16)18-11-13/h6-7,11-12H,2-5,8-10H2,1H3,(H2,16,18)(H,17,20). The van der Waals surface area contributed by atoms with Crippen LogP contribution in [-0.4, -0.2) is 41.5 Å². The lowest BCUT2D eigenvalue weighted by Crippen LogP contribution is -2.39. The molecule has 110 valence electrons. The number of aromatic nitrogens is 1. The smallest absolute Gasteiger partial charge is 0.252 e. The lowest BCUT2D eigenvalue weighted by Gasteiger charge is -2.33. The fourth-order valence-electron chi connectivity index (χ4n) is 2.62. The van der Waals surface area contributed by atoms with Gasteiger partial charge in [-0.3, -0.25) is 4.79 Å². The van der Waals surface area contributed by atoms with E-state index in [2.05, 4.69) is 22.1 Å². The molecule has 1 aromatic rings. The van der Waals surface area contributed by atoms with Crippen molar-refractivity contribution in [2.45, 2.75) is 38.6 Å². The molecule has 1 saturated heterocycles.